The third-order valence-electron chi connectivity index (χ3n) is 1.99. The Labute approximate surface area is 95.9 Å². The molecule has 0 bridgehead atoms. The van der Waals surface area contributed by atoms with Crippen LogP contribution in [0.25, 0.3) is 0 Å². The number of aliphatic carboxylic acids is 1. The second-order valence-electron chi connectivity index (χ2n) is 3.18. The average Bonchev–Trinajstić information content (AvgIpc) is 2.55. The third-order valence-corrected chi connectivity index (χ3v) is 3.07. The van der Waals surface area contributed by atoms with Gasteiger partial charge in [0, 0.05) is 0 Å². The molecule has 1 aromatic rings. The average molecular weight is 244 g/mol. The molecule has 1 atom stereocenters. The van der Waals surface area contributed by atoms with Gasteiger partial charge < -0.3 is 15.5 Å². The summed E-state index contributed by atoms with van der Waals surface area (Å²) in [4.78, 5) is 25.6. The van der Waals surface area contributed by atoms with Crippen LogP contribution in [-0.2, 0) is 4.79 Å². The van der Waals surface area contributed by atoms with Crippen LogP contribution in [0, 0.1) is 6.92 Å². The van der Waals surface area contributed by atoms with Crippen molar-refractivity contribution in [3.05, 3.63) is 10.6 Å². The molecule has 0 spiro atoms. The number of hydrogen-bond acceptors (Lipinski definition) is 5. The van der Waals surface area contributed by atoms with E-state index in [0.29, 0.717) is 17.2 Å². The molecule has 0 aromatic carbocycles. The van der Waals surface area contributed by atoms with Gasteiger partial charge in [-0.1, -0.05) is 18.3 Å². The largest absolute Gasteiger partial charge is 0.480 e. The minimum absolute atomic E-state index is 0.128. The van der Waals surface area contributed by atoms with Gasteiger partial charge in [0.1, 0.15) is 10.9 Å². The quantitative estimate of drug-likeness (QED) is 0.724. The number of nitrogens with one attached hydrogen (secondary N) is 1. The van der Waals surface area contributed by atoms with Gasteiger partial charge in [0.15, 0.2) is 5.13 Å². The lowest BCUT2D eigenvalue weighted by atomic mass is 10.2. The fourth-order valence-electron chi connectivity index (χ4n) is 1.14. The fourth-order valence-corrected chi connectivity index (χ4v) is 2.00. The summed E-state index contributed by atoms with van der Waals surface area (Å²) in [6.45, 7) is 3.30. The van der Waals surface area contributed by atoms with Crippen molar-refractivity contribution in [3.63, 3.8) is 0 Å². The molecule has 0 aliphatic heterocycles. The Kier molecular flexibility index (Phi) is 3.83. The van der Waals surface area contributed by atoms with Crippen LogP contribution in [0.1, 0.15) is 28.7 Å². The number of rotatable bonds is 5. The lowest BCUT2D eigenvalue weighted by molar-refractivity contribution is -0.137. The van der Waals surface area contributed by atoms with E-state index in [1.807, 2.05) is 0 Å². The van der Waals surface area contributed by atoms with Crippen molar-refractivity contribution >= 4 is 28.4 Å². The number of carbonyl (C=O) groups is 2. The van der Waals surface area contributed by atoms with E-state index in [-0.39, 0.29) is 4.88 Å². The van der Waals surface area contributed by atoms with Gasteiger partial charge in [-0.15, -0.1) is 0 Å². The summed E-state index contributed by atoms with van der Waals surface area (Å²) in [6.07, 6.45) is 0.399. The van der Waals surface area contributed by atoms with Crippen molar-refractivity contribution < 1.29 is 19.8 Å². The predicted octanol–water partition coefficient (Wildman–Crippen LogP) is 1.42. The normalized spacial score (nSPS) is 12.1. The molecule has 1 unspecified atom stereocenters. The highest BCUT2D eigenvalue weighted by Gasteiger charge is 2.19. The highest BCUT2D eigenvalue weighted by atomic mass is 32.1. The van der Waals surface area contributed by atoms with E-state index in [1.165, 1.54) is 0 Å². The molecule has 7 heteroatoms. The van der Waals surface area contributed by atoms with Gasteiger partial charge in [0.05, 0.1) is 5.69 Å². The van der Waals surface area contributed by atoms with E-state index in [2.05, 4.69) is 10.3 Å². The molecule has 1 heterocycles. The first kappa shape index (κ1) is 12.4. The molecule has 0 amide bonds. The lowest BCUT2D eigenvalue weighted by Crippen LogP contribution is -2.28. The van der Waals surface area contributed by atoms with Gasteiger partial charge in [-0.25, -0.2) is 14.6 Å². The van der Waals surface area contributed by atoms with Gasteiger partial charge in [-0.3, -0.25) is 0 Å². The number of aromatic nitrogens is 1. The van der Waals surface area contributed by atoms with Crippen LogP contribution in [0.2, 0.25) is 0 Å². The van der Waals surface area contributed by atoms with Crippen LogP contribution in [0.15, 0.2) is 0 Å². The van der Waals surface area contributed by atoms with Crippen LogP contribution in [0.4, 0.5) is 5.13 Å². The number of aromatic carboxylic acids is 1. The summed E-state index contributed by atoms with van der Waals surface area (Å²) < 4.78 is 0. The van der Waals surface area contributed by atoms with Gasteiger partial charge in [-0.05, 0) is 13.3 Å². The SMILES string of the molecule is CCC(Nc1nc(C)c(C(=O)O)s1)C(=O)O. The molecule has 0 aliphatic rings. The minimum atomic E-state index is -1.05. The summed E-state index contributed by atoms with van der Waals surface area (Å²) >= 11 is 0.944. The molecule has 1 rings (SSSR count). The van der Waals surface area contributed by atoms with Crippen molar-refractivity contribution in [3.8, 4) is 0 Å². The van der Waals surface area contributed by atoms with E-state index in [0.717, 1.165) is 11.3 Å². The van der Waals surface area contributed by atoms with Crippen molar-refractivity contribution in [1.29, 1.82) is 0 Å². The Balaban J connectivity index is 2.86. The zero-order valence-corrected chi connectivity index (χ0v) is 9.67. The summed E-state index contributed by atoms with van der Waals surface area (Å²) in [5.41, 5.74) is 0.389. The lowest BCUT2D eigenvalue weighted by Gasteiger charge is -2.09. The van der Waals surface area contributed by atoms with Crippen LogP contribution >= 0.6 is 11.3 Å². The van der Waals surface area contributed by atoms with Gasteiger partial charge in [-0.2, -0.15) is 0 Å². The Morgan fingerprint density at radius 2 is 2.12 bits per heavy atom. The maximum Gasteiger partial charge on any atom is 0.347 e. The zero-order valence-electron chi connectivity index (χ0n) is 8.85. The molecule has 0 fully saturated rings. The first-order chi connectivity index (χ1) is 7.45. The van der Waals surface area contributed by atoms with Gasteiger partial charge in [0.2, 0.25) is 0 Å². The van der Waals surface area contributed by atoms with Crippen molar-refractivity contribution in [2.75, 3.05) is 5.32 Å². The van der Waals surface area contributed by atoms with Crippen LogP contribution in [-0.4, -0.2) is 33.2 Å². The van der Waals surface area contributed by atoms with Crippen molar-refractivity contribution in [1.82, 2.24) is 4.98 Å². The second-order valence-corrected chi connectivity index (χ2v) is 4.18. The standard InChI is InChI=1S/C9H12N2O4S/c1-3-5(7(12)13)11-9-10-4(2)6(16-9)8(14)15/h5H,3H2,1-2H3,(H,10,11)(H,12,13)(H,14,15). The predicted molar refractivity (Wildman–Crippen MR) is 59.1 cm³/mol. The molecule has 1 aromatic heterocycles. The van der Waals surface area contributed by atoms with Crippen LogP contribution in [0.5, 0.6) is 0 Å². The Morgan fingerprint density at radius 3 is 2.50 bits per heavy atom. The minimum Gasteiger partial charge on any atom is -0.480 e. The second kappa shape index (κ2) is 4.93. The van der Waals surface area contributed by atoms with Gasteiger partial charge >= 0.3 is 11.9 Å². The number of nitrogens with zero attached hydrogens (tertiary/aromatic N) is 1. The Hall–Kier alpha value is -1.63. The molecular formula is C9H12N2O4S. The monoisotopic (exact) mass is 244 g/mol. The number of anilines is 1. The summed E-state index contributed by atoms with van der Waals surface area (Å²) in [5.74, 6) is -2.03. The van der Waals surface area contributed by atoms with Crippen molar-refractivity contribution in [2.45, 2.75) is 26.3 Å². The Morgan fingerprint density at radius 1 is 1.50 bits per heavy atom. The van der Waals surface area contributed by atoms with E-state index in [1.54, 1.807) is 13.8 Å². The highest BCUT2D eigenvalue weighted by molar-refractivity contribution is 7.17. The van der Waals surface area contributed by atoms with E-state index in [9.17, 15) is 9.59 Å². The molecule has 6 nitrogen and oxygen atoms in total. The summed E-state index contributed by atoms with van der Waals surface area (Å²) in [6, 6.07) is -0.743. The number of carboxylic acid groups (broad SMARTS) is 2. The molecule has 0 saturated carbocycles. The fraction of sp³-hybridized carbons (Fsp3) is 0.444. The molecule has 0 aliphatic carbocycles. The maximum absolute atomic E-state index is 10.8. The zero-order chi connectivity index (χ0) is 12.3. The molecule has 0 radical (unpaired) electrons. The molecule has 0 saturated heterocycles. The summed E-state index contributed by atoms with van der Waals surface area (Å²) in [5, 5.41) is 20.6. The van der Waals surface area contributed by atoms with Crippen molar-refractivity contribution in [2.24, 2.45) is 0 Å². The van der Waals surface area contributed by atoms with Crippen LogP contribution < -0.4 is 5.32 Å². The highest BCUT2D eigenvalue weighted by Crippen LogP contribution is 2.23. The van der Waals surface area contributed by atoms with E-state index in [4.69, 9.17) is 10.2 Å². The molecule has 3 N–H and O–H groups in total. The molecule has 88 valence electrons. The number of carboxylic acids is 2. The smallest absolute Gasteiger partial charge is 0.347 e. The first-order valence-electron chi connectivity index (χ1n) is 4.65. The Bertz CT molecular complexity index is 416. The van der Waals surface area contributed by atoms with E-state index < -0.39 is 18.0 Å². The van der Waals surface area contributed by atoms with Gasteiger partial charge in [0.25, 0.3) is 0 Å². The number of hydrogen-bond donors (Lipinski definition) is 3. The number of thiazole rings is 1. The van der Waals surface area contributed by atoms with E-state index >= 15 is 0 Å². The molecule has 16 heavy (non-hydrogen) atoms. The third kappa shape index (κ3) is 2.69. The molecular weight excluding hydrogens is 232 g/mol. The maximum atomic E-state index is 10.8. The first-order valence-corrected chi connectivity index (χ1v) is 5.47. The topological polar surface area (TPSA) is 99.5 Å². The van der Waals surface area contributed by atoms with Crippen LogP contribution in [0.3, 0.4) is 0 Å². The number of aryl methyl sites for hydroxylation is 1. The summed E-state index contributed by atoms with van der Waals surface area (Å²) in [7, 11) is 0.